The van der Waals surface area contributed by atoms with Crippen molar-refractivity contribution < 1.29 is 34.7 Å². The van der Waals surface area contributed by atoms with E-state index in [1.165, 1.54) is 30.3 Å². The van der Waals surface area contributed by atoms with Gasteiger partial charge in [-0.15, -0.1) is 0 Å². The van der Waals surface area contributed by atoms with E-state index in [9.17, 15) is 25.2 Å². The van der Waals surface area contributed by atoms with Gasteiger partial charge in [-0.25, -0.2) is 0 Å². The Bertz CT molecular complexity index is 878. The van der Waals surface area contributed by atoms with Crippen LogP contribution in [0.5, 0.6) is 28.7 Å². The molecule has 0 saturated heterocycles. The smallest absolute Gasteiger partial charge is 0.311 e. The Labute approximate surface area is 169 Å². The van der Waals surface area contributed by atoms with Crippen molar-refractivity contribution in [2.24, 2.45) is 0 Å². The summed E-state index contributed by atoms with van der Waals surface area (Å²) in [6.07, 6.45) is 2.45. The molecule has 3 rings (SSSR count). The zero-order chi connectivity index (χ0) is 21.0. The van der Waals surface area contributed by atoms with E-state index in [2.05, 4.69) is 6.92 Å². The molecule has 4 N–H and O–H groups in total. The molecule has 0 saturated carbocycles. The molecule has 0 fully saturated rings. The number of carbonyl (C=O) groups excluding carboxylic acids is 1. The topological polar surface area (TPSA) is 116 Å². The lowest BCUT2D eigenvalue weighted by atomic mass is 9.94. The highest BCUT2D eigenvalue weighted by molar-refractivity contribution is 5.73. The van der Waals surface area contributed by atoms with Crippen molar-refractivity contribution >= 4 is 5.97 Å². The van der Waals surface area contributed by atoms with Gasteiger partial charge in [0.1, 0.15) is 23.4 Å². The Kier molecular flexibility index (Phi) is 6.49. The first-order valence-corrected chi connectivity index (χ1v) is 9.82. The molecule has 7 nitrogen and oxygen atoms in total. The van der Waals surface area contributed by atoms with Gasteiger partial charge in [0.25, 0.3) is 0 Å². The van der Waals surface area contributed by atoms with Crippen LogP contribution in [0.2, 0.25) is 0 Å². The number of aliphatic hydroxyl groups is 1. The highest BCUT2D eigenvalue weighted by Crippen LogP contribution is 2.43. The Balaban J connectivity index is 1.79. The third-order valence-electron chi connectivity index (χ3n) is 4.96. The predicted molar refractivity (Wildman–Crippen MR) is 105 cm³/mol. The number of hydrogen-bond acceptors (Lipinski definition) is 7. The summed E-state index contributed by atoms with van der Waals surface area (Å²) >= 11 is 0. The van der Waals surface area contributed by atoms with Crippen molar-refractivity contribution in [3.8, 4) is 28.7 Å². The van der Waals surface area contributed by atoms with Crippen molar-refractivity contribution in [1.82, 2.24) is 0 Å². The van der Waals surface area contributed by atoms with Crippen LogP contribution in [-0.4, -0.2) is 32.5 Å². The van der Waals surface area contributed by atoms with Gasteiger partial charge >= 0.3 is 5.97 Å². The number of fused-ring (bicyclic) bond motifs is 1. The molecule has 1 heterocycles. The normalized spacial score (nSPS) is 18.0. The number of aromatic hydroxyl groups is 3. The average Bonchev–Trinajstić information content (AvgIpc) is 2.67. The van der Waals surface area contributed by atoms with Crippen LogP contribution < -0.4 is 9.47 Å². The van der Waals surface area contributed by atoms with Crippen molar-refractivity contribution in [3.05, 3.63) is 41.5 Å². The Morgan fingerprint density at radius 3 is 2.62 bits per heavy atom. The lowest BCUT2D eigenvalue weighted by Crippen LogP contribution is -2.30. The molecule has 0 radical (unpaired) electrons. The quantitative estimate of drug-likeness (QED) is 0.241. The fourth-order valence-corrected chi connectivity index (χ4v) is 3.41. The van der Waals surface area contributed by atoms with Crippen molar-refractivity contribution in [2.45, 2.75) is 57.7 Å². The van der Waals surface area contributed by atoms with Gasteiger partial charge in [-0.3, -0.25) is 4.79 Å². The van der Waals surface area contributed by atoms with Crippen molar-refractivity contribution in [3.63, 3.8) is 0 Å². The van der Waals surface area contributed by atoms with E-state index in [1.54, 1.807) is 0 Å². The van der Waals surface area contributed by atoms with E-state index in [4.69, 9.17) is 9.47 Å². The Morgan fingerprint density at radius 2 is 1.90 bits per heavy atom. The molecular weight excluding hydrogens is 376 g/mol. The van der Waals surface area contributed by atoms with Gasteiger partial charge in [0.15, 0.2) is 11.5 Å². The lowest BCUT2D eigenvalue weighted by molar-refractivity contribution is -0.134. The van der Waals surface area contributed by atoms with Crippen LogP contribution in [0.4, 0.5) is 0 Å². The number of rotatable bonds is 7. The Hall–Kier alpha value is -2.93. The molecule has 2 atom stereocenters. The summed E-state index contributed by atoms with van der Waals surface area (Å²) in [5.74, 6) is -0.647. The van der Waals surface area contributed by atoms with Gasteiger partial charge in [-0.1, -0.05) is 32.3 Å². The molecule has 2 unspecified atom stereocenters. The standard InChI is InChI=1S/C22H26O7/c1-2-3-4-5-6-21(27)28-19-10-14(23)11-20-15(19)12-18(26)22(29-20)13-7-8-16(24)17(25)9-13/h7-11,18,22-26H,2-6,12H2,1H3. The largest absolute Gasteiger partial charge is 0.508 e. The van der Waals surface area contributed by atoms with E-state index in [1.807, 2.05) is 0 Å². The molecule has 1 aliphatic heterocycles. The van der Waals surface area contributed by atoms with E-state index in [0.717, 1.165) is 25.7 Å². The number of phenolic OH excluding ortho intramolecular Hbond substituents is 3. The first-order chi connectivity index (χ1) is 13.9. The number of phenols is 3. The summed E-state index contributed by atoms with van der Waals surface area (Å²) in [5, 5.41) is 39.8. The SMILES string of the molecule is CCCCCCC(=O)Oc1cc(O)cc2c1CC(O)C(c1ccc(O)c(O)c1)O2. The van der Waals surface area contributed by atoms with Gasteiger partial charge in [-0.2, -0.15) is 0 Å². The minimum absolute atomic E-state index is 0.124. The summed E-state index contributed by atoms with van der Waals surface area (Å²) in [6, 6.07) is 6.89. The van der Waals surface area contributed by atoms with Crippen LogP contribution in [0.15, 0.2) is 30.3 Å². The maximum absolute atomic E-state index is 12.2. The van der Waals surface area contributed by atoms with Gasteiger partial charge in [0, 0.05) is 30.5 Å². The molecule has 0 spiro atoms. The molecule has 156 valence electrons. The van der Waals surface area contributed by atoms with E-state index in [-0.39, 0.29) is 35.8 Å². The second kappa shape index (κ2) is 9.05. The van der Waals surface area contributed by atoms with Crippen molar-refractivity contribution in [1.29, 1.82) is 0 Å². The number of ether oxygens (including phenoxy) is 2. The fourth-order valence-electron chi connectivity index (χ4n) is 3.41. The van der Waals surface area contributed by atoms with Crippen LogP contribution in [0.25, 0.3) is 0 Å². The second-order valence-corrected chi connectivity index (χ2v) is 7.26. The second-order valence-electron chi connectivity index (χ2n) is 7.26. The molecule has 2 aromatic carbocycles. The number of hydrogen-bond donors (Lipinski definition) is 4. The third-order valence-corrected chi connectivity index (χ3v) is 4.96. The summed E-state index contributed by atoms with van der Waals surface area (Å²) in [4.78, 5) is 12.2. The monoisotopic (exact) mass is 402 g/mol. The van der Waals surface area contributed by atoms with Crippen LogP contribution >= 0.6 is 0 Å². The molecule has 0 aromatic heterocycles. The molecule has 2 aromatic rings. The first kappa shape index (κ1) is 20.8. The van der Waals surface area contributed by atoms with Crippen LogP contribution in [-0.2, 0) is 11.2 Å². The maximum Gasteiger partial charge on any atom is 0.311 e. The highest BCUT2D eigenvalue weighted by atomic mass is 16.5. The number of carbonyl (C=O) groups is 1. The first-order valence-electron chi connectivity index (χ1n) is 9.82. The average molecular weight is 402 g/mol. The number of benzene rings is 2. The zero-order valence-corrected chi connectivity index (χ0v) is 16.3. The lowest BCUT2D eigenvalue weighted by Gasteiger charge is -2.32. The van der Waals surface area contributed by atoms with Crippen LogP contribution in [0.1, 0.15) is 56.3 Å². The minimum atomic E-state index is -0.974. The van der Waals surface area contributed by atoms with Gasteiger partial charge in [0.05, 0.1) is 6.10 Å². The third kappa shape index (κ3) is 4.92. The number of aliphatic hydroxyl groups excluding tert-OH is 1. The summed E-state index contributed by atoms with van der Waals surface area (Å²) in [6.45, 7) is 2.09. The van der Waals surface area contributed by atoms with Crippen LogP contribution in [0.3, 0.4) is 0 Å². The molecule has 7 heteroatoms. The molecule has 29 heavy (non-hydrogen) atoms. The predicted octanol–water partition coefficient (Wildman–Crippen LogP) is 3.72. The van der Waals surface area contributed by atoms with Crippen molar-refractivity contribution in [2.75, 3.05) is 0 Å². The van der Waals surface area contributed by atoms with Gasteiger partial charge < -0.3 is 29.9 Å². The number of esters is 1. The van der Waals surface area contributed by atoms with E-state index < -0.39 is 18.2 Å². The number of unbranched alkanes of at least 4 members (excludes halogenated alkanes) is 3. The molecule has 1 aliphatic rings. The minimum Gasteiger partial charge on any atom is -0.508 e. The molecular formula is C22H26O7. The van der Waals surface area contributed by atoms with E-state index in [0.29, 0.717) is 16.9 Å². The molecule has 0 bridgehead atoms. The van der Waals surface area contributed by atoms with Crippen LogP contribution in [0, 0.1) is 0 Å². The highest BCUT2D eigenvalue weighted by Gasteiger charge is 2.33. The fraction of sp³-hybridized carbons (Fsp3) is 0.409. The van der Waals surface area contributed by atoms with E-state index >= 15 is 0 Å². The van der Waals surface area contributed by atoms with Gasteiger partial charge in [-0.05, 0) is 24.1 Å². The maximum atomic E-state index is 12.2. The summed E-state index contributed by atoms with van der Waals surface area (Å²) in [7, 11) is 0. The summed E-state index contributed by atoms with van der Waals surface area (Å²) in [5.41, 5.74) is 0.965. The summed E-state index contributed by atoms with van der Waals surface area (Å²) < 4.78 is 11.3. The zero-order valence-electron chi connectivity index (χ0n) is 16.3. The van der Waals surface area contributed by atoms with Gasteiger partial charge in [0.2, 0.25) is 0 Å². The molecule has 0 aliphatic carbocycles. The Morgan fingerprint density at radius 1 is 1.10 bits per heavy atom. The molecule has 0 amide bonds.